The highest BCUT2D eigenvalue weighted by molar-refractivity contribution is 9.10. The van der Waals surface area contributed by atoms with Gasteiger partial charge in [-0.3, -0.25) is 4.79 Å². The molecular weight excluding hydrogens is 343 g/mol. The smallest absolute Gasteiger partial charge is 0.471 e. The molecule has 0 radical (unpaired) electrons. The molecule has 4 nitrogen and oxygen atoms in total. The first-order valence-electron chi connectivity index (χ1n) is 5.54. The molecule has 1 aromatic carbocycles. The first kappa shape index (κ1) is 14.8. The Labute approximate surface area is 120 Å². The number of carboxylic acids is 1. The summed E-state index contributed by atoms with van der Waals surface area (Å²) in [4.78, 5) is 22.4. The Kier molecular flexibility index (Phi) is 3.53. The number of benzene rings is 1. The molecule has 1 aliphatic carbocycles. The zero-order chi connectivity index (χ0) is 15.1. The summed E-state index contributed by atoms with van der Waals surface area (Å²) in [5.41, 5.74) is -0.738. The number of carbonyl (C=O) groups is 2. The average Bonchev–Trinajstić information content (AvgIpc) is 2.66. The van der Waals surface area contributed by atoms with E-state index < -0.39 is 23.6 Å². The maximum atomic E-state index is 12.3. The quantitative estimate of drug-likeness (QED) is 0.856. The van der Waals surface area contributed by atoms with Gasteiger partial charge in [-0.15, -0.1) is 0 Å². The van der Waals surface area contributed by atoms with Gasteiger partial charge in [0.15, 0.2) is 0 Å². The third-order valence-electron chi connectivity index (χ3n) is 3.17. The predicted octanol–water partition coefficient (Wildman–Crippen LogP) is 2.05. The SMILES string of the molecule is O=C(NC1(C(=O)O)Cc2ccc(Br)cc2C1)C(F)(F)F. The Morgan fingerprint density at radius 1 is 1.25 bits per heavy atom. The van der Waals surface area contributed by atoms with Gasteiger partial charge in [-0.05, 0) is 23.3 Å². The standard InChI is InChI=1S/C12H9BrF3NO3/c13-8-2-1-6-4-11(10(19)20,5-7(6)3-8)17-9(18)12(14,15)16/h1-3H,4-5H2,(H,17,18)(H,19,20). The summed E-state index contributed by atoms with van der Waals surface area (Å²) < 4.78 is 37.6. The molecule has 0 saturated carbocycles. The number of carbonyl (C=O) groups excluding carboxylic acids is 1. The van der Waals surface area contributed by atoms with E-state index >= 15 is 0 Å². The summed E-state index contributed by atoms with van der Waals surface area (Å²) in [5, 5.41) is 10.8. The molecule has 0 saturated heterocycles. The molecule has 0 heterocycles. The van der Waals surface area contributed by atoms with Crippen LogP contribution in [0.2, 0.25) is 0 Å². The highest BCUT2D eigenvalue weighted by Gasteiger charge is 2.50. The maximum absolute atomic E-state index is 12.3. The lowest BCUT2D eigenvalue weighted by molar-refractivity contribution is -0.177. The van der Waals surface area contributed by atoms with Gasteiger partial charge in [-0.2, -0.15) is 13.2 Å². The average molecular weight is 352 g/mol. The lowest BCUT2D eigenvalue weighted by atomic mass is 9.95. The topological polar surface area (TPSA) is 66.4 Å². The Hall–Kier alpha value is -1.57. The van der Waals surface area contributed by atoms with Crippen molar-refractivity contribution in [1.82, 2.24) is 5.32 Å². The second-order valence-electron chi connectivity index (χ2n) is 4.61. The van der Waals surface area contributed by atoms with E-state index in [0.717, 1.165) is 0 Å². The monoisotopic (exact) mass is 351 g/mol. The maximum Gasteiger partial charge on any atom is 0.471 e. The fraction of sp³-hybridized carbons (Fsp3) is 0.333. The molecule has 0 spiro atoms. The molecule has 1 aliphatic rings. The van der Waals surface area contributed by atoms with Crippen LogP contribution in [0.15, 0.2) is 22.7 Å². The van der Waals surface area contributed by atoms with Crippen LogP contribution < -0.4 is 5.32 Å². The molecule has 1 aromatic rings. The number of amides is 1. The number of alkyl halides is 3. The fourth-order valence-corrected chi connectivity index (χ4v) is 2.63. The molecule has 1 amide bonds. The Morgan fingerprint density at radius 2 is 1.85 bits per heavy atom. The molecule has 1 unspecified atom stereocenters. The summed E-state index contributed by atoms with van der Waals surface area (Å²) in [7, 11) is 0. The van der Waals surface area contributed by atoms with Crippen LogP contribution in [-0.2, 0) is 22.4 Å². The normalized spacial score (nSPS) is 21.4. The van der Waals surface area contributed by atoms with Crippen molar-refractivity contribution < 1.29 is 27.9 Å². The van der Waals surface area contributed by atoms with E-state index in [0.29, 0.717) is 15.6 Å². The number of fused-ring (bicyclic) bond motifs is 1. The summed E-state index contributed by atoms with van der Waals surface area (Å²) in [6.07, 6.45) is -5.47. The third kappa shape index (κ3) is 2.65. The van der Waals surface area contributed by atoms with Gasteiger partial charge in [0.25, 0.3) is 0 Å². The fourth-order valence-electron chi connectivity index (χ4n) is 2.23. The molecule has 8 heteroatoms. The highest BCUT2D eigenvalue weighted by Crippen LogP contribution is 2.33. The third-order valence-corrected chi connectivity index (χ3v) is 3.67. The summed E-state index contributed by atoms with van der Waals surface area (Å²) in [6, 6.07) is 4.94. The lowest BCUT2D eigenvalue weighted by Crippen LogP contribution is -2.58. The van der Waals surface area contributed by atoms with Crippen molar-refractivity contribution >= 4 is 27.8 Å². The van der Waals surface area contributed by atoms with Crippen LogP contribution in [0.1, 0.15) is 11.1 Å². The summed E-state index contributed by atoms with van der Waals surface area (Å²) in [5.74, 6) is -3.73. The van der Waals surface area contributed by atoms with Gasteiger partial charge >= 0.3 is 18.1 Å². The van der Waals surface area contributed by atoms with Crippen molar-refractivity contribution in [3.63, 3.8) is 0 Å². The Morgan fingerprint density at radius 3 is 2.40 bits per heavy atom. The molecule has 0 aliphatic heterocycles. The van der Waals surface area contributed by atoms with Crippen molar-refractivity contribution in [3.8, 4) is 0 Å². The molecule has 0 fully saturated rings. The van der Waals surface area contributed by atoms with E-state index in [4.69, 9.17) is 0 Å². The molecule has 0 bridgehead atoms. The van der Waals surface area contributed by atoms with Gasteiger partial charge in [-0.1, -0.05) is 22.0 Å². The van der Waals surface area contributed by atoms with Crippen molar-refractivity contribution in [2.75, 3.05) is 0 Å². The number of halogens is 4. The number of nitrogens with one attached hydrogen (secondary N) is 1. The van der Waals surface area contributed by atoms with Crippen LogP contribution in [0.3, 0.4) is 0 Å². The number of aliphatic carboxylic acids is 1. The zero-order valence-corrected chi connectivity index (χ0v) is 11.5. The summed E-state index contributed by atoms with van der Waals surface area (Å²) in [6.45, 7) is 0. The largest absolute Gasteiger partial charge is 0.479 e. The molecule has 20 heavy (non-hydrogen) atoms. The minimum absolute atomic E-state index is 0.174. The van der Waals surface area contributed by atoms with E-state index in [9.17, 15) is 27.9 Å². The van der Waals surface area contributed by atoms with Crippen molar-refractivity contribution in [2.24, 2.45) is 0 Å². The van der Waals surface area contributed by atoms with Crippen molar-refractivity contribution in [2.45, 2.75) is 24.6 Å². The first-order chi connectivity index (χ1) is 9.14. The van der Waals surface area contributed by atoms with Crippen LogP contribution in [0.4, 0.5) is 13.2 Å². The van der Waals surface area contributed by atoms with Crippen LogP contribution in [0.5, 0.6) is 0 Å². The van der Waals surface area contributed by atoms with Crippen LogP contribution >= 0.6 is 15.9 Å². The molecule has 1 atom stereocenters. The van der Waals surface area contributed by atoms with E-state index in [1.807, 2.05) is 0 Å². The van der Waals surface area contributed by atoms with Crippen molar-refractivity contribution in [3.05, 3.63) is 33.8 Å². The second kappa shape index (κ2) is 4.76. The molecule has 0 aromatic heterocycles. The van der Waals surface area contributed by atoms with Gasteiger partial charge < -0.3 is 10.4 Å². The van der Waals surface area contributed by atoms with Crippen LogP contribution in [0, 0.1) is 0 Å². The summed E-state index contributed by atoms with van der Waals surface area (Å²) >= 11 is 3.21. The number of hydrogen-bond donors (Lipinski definition) is 2. The van der Waals surface area contributed by atoms with Gasteiger partial charge in [0.1, 0.15) is 5.54 Å². The van der Waals surface area contributed by atoms with Gasteiger partial charge in [0.2, 0.25) is 0 Å². The zero-order valence-electron chi connectivity index (χ0n) is 9.92. The molecule has 108 valence electrons. The number of carboxylic acid groups (broad SMARTS) is 1. The van der Waals surface area contributed by atoms with Crippen molar-refractivity contribution in [1.29, 1.82) is 0 Å². The number of hydrogen-bond acceptors (Lipinski definition) is 2. The predicted molar refractivity (Wildman–Crippen MR) is 66.1 cm³/mol. The van der Waals surface area contributed by atoms with E-state index in [1.54, 1.807) is 23.5 Å². The lowest BCUT2D eigenvalue weighted by Gasteiger charge is -2.25. The van der Waals surface area contributed by atoms with Gasteiger partial charge in [-0.25, -0.2) is 4.79 Å². The van der Waals surface area contributed by atoms with E-state index in [1.165, 1.54) is 0 Å². The van der Waals surface area contributed by atoms with Gasteiger partial charge in [0, 0.05) is 17.3 Å². The van der Waals surface area contributed by atoms with E-state index in [-0.39, 0.29) is 12.8 Å². The van der Waals surface area contributed by atoms with Crippen LogP contribution in [0.25, 0.3) is 0 Å². The van der Waals surface area contributed by atoms with Crippen LogP contribution in [-0.4, -0.2) is 28.7 Å². The first-order valence-corrected chi connectivity index (χ1v) is 6.33. The van der Waals surface area contributed by atoms with E-state index in [2.05, 4.69) is 15.9 Å². The Balaban J connectivity index is 2.32. The highest BCUT2D eigenvalue weighted by atomic mass is 79.9. The molecule has 2 rings (SSSR count). The Bertz CT molecular complexity index is 588. The second-order valence-corrected chi connectivity index (χ2v) is 5.52. The number of rotatable bonds is 2. The molecule has 2 N–H and O–H groups in total. The minimum atomic E-state index is -5.11. The molecular formula is C12H9BrF3NO3. The van der Waals surface area contributed by atoms with Gasteiger partial charge in [0.05, 0.1) is 0 Å². The minimum Gasteiger partial charge on any atom is -0.479 e.